The van der Waals surface area contributed by atoms with Crippen molar-refractivity contribution >= 4 is 23.1 Å². The largest absolute Gasteiger partial charge is 0.397 e. The van der Waals surface area contributed by atoms with Crippen molar-refractivity contribution in [3.05, 3.63) is 52.7 Å². The van der Waals surface area contributed by atoms with Gasteiger partial charge in [-0.15, -0.1) is 0 Å². The van der Waals surface area contributed by atoms with Crippen LogP contribution in [0.5, 0.6) is 0 Å². The summed E-state index contributed by atoms with van der Waals surface area (Å²) in [7, 11) is 0. The van der Waals surface area contributed by atoms with Gasteiger partial charge in [-0.2, -0.15) is 0 Å². The second-order valence-electron chi connectivity index (χ2n) is 3.91. The molecular weight excluding hydrogens is 234 g/mol. The first kappa shape index (κ1) is 11.7. The molecule has 0 fully saturated rings. The first-order valence-electron chi connectivity index (χ1n) is 5.35. The van der Waals surface area contributed by atoms with Crippen LogP contribution in [-0.2, 0) is 6.54 Å². The number of hydrogen-bond acceptors (Lipinski definition) is 3. The number of halogens is 1. The highest BCUT2D eigenvalue weighted by atomic mass is 35.5. The van der Waals surface area contributed by atoms with Gasteiger partial charge in [0.05, 0.1) is 11.9 Å². The van der Waals surface area contributed by atoms with E-state index in [0.717, 1.165) is 22.0 Å². The van der Waals surface area contributed by atoms with Crippen molar-refractivity contribution in [2.75, 3.05) is 11.1 Å². The molecule has 0 bridgehead atoms. The minimum atomic E-state index is 0.710. The molecule has 1 aromatic heterocycles. The lowest BCUT2D eigenvalue weighted by Crippen LogP contribution is -2.02. The van der Waals surface area contributed by atoms with Crippen LogP contribution >= 0.6 is 11.6 Å². The summed E-state index contributed by atoms with van der Waals surface area (Å²) in [6.07, 6.45) is 1.67. The number of rotatable bonds is 3. The lowest BCUT2D eigenvalue weighted by molar-refractivity contribution is 1.11. The zero-order valence-corrected chi connectivity index (χ0v) is 10.3. The van der Waals surface area contributed by atoms with Gasteiger partial charge in [-0.05, 0) is 36.2 Å². The molecular formula is C13H14ClN3. The van der Waals surface area contributed by atoms with E-state index in [4.69, 9.17) is 17.3 Å². The van der Waals surface area contributed by atoms with E-state index in [-0.39, 0.29) is 0 Å². The topological polar surface area (TPSA) is 50.9 Å². The fourth-order valence-electron chi connectivity index (χ4n) is 1.46. The van der Waals surface area contributed by atoms with E-state index in [0.29, 0.717) is 12.2 Å². The SMILES string of the molecule is Cc1cc(NCc2ccc(Cl)cc2)ncc1N. The van der Waals surface area contributed by atoms with Gasteiger partial charge in [-0.1, -0.05) is 23.7 Å². The van der Waals surface area contributed by atoms with Gasteiger partial charge in [0.2, 0.25) is 0 Å². The summed E-state index contributed by atoms with van der Waals surface area (Å²) in [6.45, 7) is 2.68. The van der Waals surface area contributed by atoms with Gasteiger partial charge in [0.15, 0.2) is 0 Å². The van der Waals surface area contributed by atoms with Crippen LogP contribution in [0.2, 0.25) is 5.02 Å². The van der Waals surface area contributed by atoms with Gasteiger partial charge < -0.3 is 11.1 Å². The molecule has 3 N–H and O–H groups in total. The highest BCUT2D eigenvalue weighted by Gasteiger charge is 1.98. The van der Waals surface area contributed by atoms with Crippen molar-refractivity contribution in [2.24, 2.45) is 0 Å². The minimum Gasteiger partial charge on any atom is -0.397 e. The average Bonchev–Trinajstić information content (AvgIpc) is 2.33. The van der Waals surface area contributed by atoms with Crippen molar-refractivity contribution in [2.45, 2.75) is 13.5 Å². The summed E-state index contributed by atoms with van der Waals surface area (Å²) >= 11 is 5.82. The van der Waals surface area contributed by atoms with Gasteiger partial charge in [-0.3, -0.25) is 0 Å². The molecule has 0 amide bonds. The van der Waals surface area contributed by atoms with Gasteiger partial charge >= 0.3 is 0 Å². The summed E-state index contributed by atoms with van der Waals surface area (Å²) in [4.78, 5) is 4.21. The Bertz CT molecular complexity index is 509. The monoisotopic (exact) mass is 247 g/mol. The third-order valence-corrected chi connectivity index (χ3v) is 2.79. The lowest BCUT2D eigenvalue weighted by Gasteiger charge is -2.07. The number of aromatic nitrogens is 1. The fraction of sp³-hybridized carbons (Fsp3) is 0.154. The van der Waals surface area contributed by atoms with Crippen LogP contribution in [0.1, 0.15) is 11.1 Å². The molecule has 88 valence electrons. The molecule has 0 unspecified atom stereocenters. The number of nitrogens with zero attached hydrogens (tertiary/aromatic N) is 1. The molecule has 2 aromatic rings. The summed E-state index contributed by atoms with van der Waals surface area (Å²) in [5.74, 6) is 0.826. The number of hydrogen-bond donors (Lipinski definition) is 2. The van der Waals surface area contributed by atoms with Crippen LogP contribution in [0.25, 0.3) is 0 Å². The van der Waals surface area contributed by atoms with E-state index in [9.17, 15) is 0 Å². The van der Waals surface area contributed by atoms with Crippen molar-refractivity contribution in [1.29, 1.82) is 0 Å². The molecule has 0 aliphatic carbocycles. The second-order valence-corrected chi connectivity index (χ2v) is 4.34. The normalized spacial score (nSPS) is 10.2. The van der Waals surface area contributed by atoms with E-state index in [2.05, 4.69) is 10.3 Å². The Labute approximate surface area is 106 Å². The molecule has 1 heterocycles. The quantitative estimate of drug-likeness (QED) is 0.876. The van der Waals surface area contributed by atoms with E-state index >= 15 is 0 Å². The number of nitrogens with two attached hydrogens (primary N) is 1. The maximum atomic E-state index is 5.82. The number of pyridine rings is 1. The van der Waals surface area contributed by atoms with Crippen molar-refractivity contribution in [3.8, 4) is 0 Å². The van der Waals surface area contributed by atoms with Gasteiger partial charge in [0.1, 0.15) is 5.82 Å². The second kappa shape index (κ2) is 5.06. The summed E-state index contributed by atoms with van der Waals surface area (Å²) in [5, 5.41) is 3.98. The predicted octanol–water partition coefficient (Wildman–Crippen LogP) is 3.24. The third-order valence-electron chi connectivity index (χ3n) is 2.54. The van der Waals surface area contributed by atoms with Crippen LogP contribution in [-0.4, -0.2) is 4.98 Å². The Morgan fingerprint density at radius 3 is 2.65 bits per heavy atom. The van der Waals surface area contributed by atoms with Crippen molar-refractivity contribution in [1.82, 2.24) is 4.98 Å². The van der Waals surface area contributed by atoms with E-state index in [1.54, 1.807) is 6.20 Å². The molecule has 0 spiro atoms. The molecule has 1 aromatic carbocycles. The molecule has 0 aliphatic rings. The molecule has 0 atom stereocenters. The first-order valence-corrected chi connectivity index (χ1v) is 5.73. The summed E-state index contributed by atoms with van der Waals surface area (Å²) < 4.78 is 0. The molecule has 3 nitrogen and oxygen atoms in total. The molecule has 0 saturated heterocycles. The third kappa shape index (κ3) is 3.11. The number of benzene rings is 1. The van der Waals surface area contributed by atoms with Crippen LogP contribution < -0.4 is 11.1 Å². The van der Waals surface area contributed by atoms with Gasteiger partial charge in [0, 0.05) is 11.6 Å². The first-order chi connectivity index (χ1) is 8.15. The molecule has 0 saturated carbocycles. The van der Waals surface area contributed by atoms with Crippen LogP contribution in [0.15, 0.2) is 36.5 Å². The van der Waals surface area contributed by atoms with E-state index in [1.165, 1.54) is 0 Å². The van der Waals surface area contributed by atoms with Crippen LogP contribution in [0.3, 0.4) is 0 Å². The fourth-order valence-corrected chi connectivity index (χ4v) is 1.58. The Morgan fingerprint density at radius 1 is 1.29 bits per heavy atom. The van der Waals surface area contributed by atoms with Crippen LogP contribution in [0, 0.1) is 6.92 Å². The molecule has 0 radical (unpaired) electrons. The highest BCUT2D eigenvalue weighted by Crippen LogP contribution is 2.15. The summed E-state index contributed by atoms with van der Waals surface area (Å²) in [5.41, 5.74) is 8.60. The number of anilines is 2. The molecule has 2 rings (SSSR count). The Balaban J connectivity index is 2.02. The van der Waals surface area contributed by atoms with Gasteiger partial charge in [0.25, 0.3) is 0 Å². The smallest absolute Gasteiger partial charge is 0.126 e. The standard InChI is InChI=1S/C13H14ClN3/c1-9-6-13(17-8-12(9)15)16-7-10-2-4-11(14)5-3-10/h2-6,8H,7,15H2,1H3,(H,16,17). The maximum absolute atomic E-state index is 5.82. The number of nitrogens with one attached hydrogen (secondary N) is 1. The lowest BCUT2D eigenvalue weighted by atomic mass is 10.2. The van der Waals surface area contributed by atoms with Crippen LogP contribution in [0.4, 0.5) is 11.5 Å². The number of nitrogen functional groups attached to an aromatic ring is 1. The highest BCUT2D eigenvalue weighted by molar-refractivity contribution is 6.30. The maximum Gasteiger partial charge on any atom is 0.126 e. The Hall–Kier alpha value is -1.74. The van der Waals surface area contributed by atoms with Gasteiger partial charge in [-0.25, -0.2) is 4.98 Å². The number of aryl methyl sites for hydroxylation is 1. The average molecular weight is 248 g/mol. The molecule has 0 aliphatic heterocycles. The van der Waals surface area contributed by atoms with Crippen molar-refractivity contribution < 1.29 is 0 Å². The minimum absolute atomic E-state index is 0.710. The zero-order chi connectivity index (χ0) is 12.3. The Morgan fingerprint density at radius 2 is 2.00 bits per heavy atom. The predicted molar refractivity (Wildman–Crippen MR) is 72.2 cm³/mol. The zero-order valence-electron chi connectivity index (χ0n) is 9.57. The molecule has 4 heteroatoms. The molecule has 17 heavy (non-hydrogen) atoms. The van der Waals surface area contributed by atoms with Crippen molar-refractivity contribution in [3.63, 3.8) is 0 Å². The van der Waals surface area contributed by atoms with E-state index in [1.807, 2.05) is 37.3 Å². The van der Waals surface area contributed by atoms with E-state index < -0.39 is 0 Å². The Kier molecular flexibility index (Phi) is 3.49. The summed E-state index contributed by atoms with van der Waals surface area (Å²) in [6, 6.07) is 9.66.